The summed E-state index contributed by atoms with van der Waals surface area (Å²) in [7, 11) is -2.20. The molecule has 0 spiro atoms. The highest BCUT2D eigenvalue weighted by molar-refractivity contribution is 7.33. The predicted octanol–water partition coefficient (Wildman–Crippen LogP) is 12.7. The Morgan fingerprint density at radius 1 is 0.559 bits per heavy atom. The van der Waals surface area contributed by atoms with Crippen molar-refractivity contribution in [3.63, 3.8) is 0 Å². The van der Waals surface area contributed by atoms with Crippen LogP contribution >= 0.6 is 8.25 Å². The lowest BCUT2D eigenvalue weighted by Gasteiger charge is -2.13. The fourth-order valence-corrected chi connectivity index (χ4v) is 8.64. The molecule has 0 bridgehead atoms. The van der Waals surface area contributed by atoms with E-state index in [1.54, 1.807) is 25.1 Å². The zero-order valence-corrected chi connectivity index (χ0v) is 41.0. The maximum Gasteiger partial charge on any atom is 0.697 e. The van der Waals surface area contributed by atoms with Gasteiger partial charge in [-0.05, 0) is 158 Å². The number of hydrogen-bond donors (Lipinski definition) is 2. The SMILES string of the molecule is CC(C)Cc1ccc(CCCOc2ccc(CNCCCO[P+](=O)OCCCNCc3ccc(OCCCc4ccc(CC(C)C)c(C#N)c4)c(-c4ccoc4)c3)cc2-c2ccoc2)cc1C#N. The molecule has 0 amide bonds. The number of furan rings is 2. The van der Waals surface area contributed by atoms with E-state index >= 15 is 0 Å². The van der Waals surface area contributed by atoms with E-state index in [0.717, 1.165) is 117 Å². The van der Waals surface area contributed by atoms with Gasteiger partial charge in [-0.25, -0.2) is 0 Å². The lowest BCUT2D eigenvalue weighted by Crippen LogP contribution is -2.16. The van der Waals surface area contributed by atoms with Crippen LogP contribution in [0.5, 0.6) is 11.5 Å². The van der Waals surface area contributed by atoms with Crippen molar-refractivity contribution in [2.45, 2.75) is 92.2 Å². The van der Waals surface area contributed by atoms with Crippen molar-refractivity contribution in [3.05, 3.63) is 154 Å². The molecule has 0 aliphatic carbocycles. The molecule has 0 unspecified atom stereocenters. The number of nitrogens with one attached hydrogen (secondary N) is 2. The van der Waals surface area contributed by atoms with Gasteiger partial charge in [-0.15, -0.1) is 9.05 Å². The van der Waals surface area contributed by atoms with Crippen LogP contribution in [0, 0.1) is 34.5 Å². The Morgan fingerprint density at radius 3 is 1.40 bits per heavy atom. The summed E-state index contributed by atoms with van der Waals surface area (Å²) in [6.07, 6.45) is 13.2. The second kappa shape index (κ2) is 27.7. The highest BCUT2D eigenvalue weighted by Crippen LogP contribution is 2.33. The average Bonchev–Trinajstić information content (AvgIpc) is 4.09. The second-order valence-electron chi connectivity index (χ2n) is 17.9. The predicted molar refractivity (Wildman–Crippen MR) is 267 cm³/mol. The van der Waals surface area contributed by atoms with Crippen LogP contribution in [0.25, 0.3) is 22.3 Å². The monoisotopic (exact) mass is 937 g/mol. The molecule has 11 nitrogen and oxygen atoms in total. The molecular formula is C56H66N4O7P+. The highest BCUT2D eigenvalue weighted by Gasteiger charge is 2.19. The van der Waals surface area contributed by atoms with E-state index < -0.39 is 8.25 Å². The van der Waals surface area contributed by atoms with Gasteiger partial charge in [0.25, 0.3) is 0 Å². The van der Waals surface area contributed by atoms with E-state index in [4.69, 9.17) is 27.4 Å². The number of nitriles is 2. The van der Waals surface area contributed by atoms with Crippen LogP contribution in [-0.2, 0) is 52.4 Å². The molecule has 6 rings (SSSR count). The summed E-state index contributed by atoms with van der Waals surface area (Å²) in [6, 6.07) is 33.4. The summed E-state index contributed by atoms with van der Waals surface area (Å²) in [6.45, 7) is 13.1. The van der Waals surface area contributed by atoms with Crippen molar-refractivity contribution in [1.82, 2.24) is 10.6 Å². The van der Waals surface area contributed by atoms with Gasteiger partial charge in [-0.2, -0.15) is 10.5 Å². The maximum absolute atomic E-state index is 12.4. The van der Waals surface area contributed by atoms with Gasteiger partial charge in [0.1, 0.15) is 24.7 Å². The van der Waals surface area contributed by atoms with Crippen molar-refractivity contribution in [2.24, 2.45) is 11.8 Å². The number of hydrogen-bond acceptors (Lipinski definition) is 11. The Kier molecular flexibility index (Phi) is 20.9. The molecule has 2 N–H and O–H groups in total. The minimum atomic E-state index is -2.20. The fraction of sp³-hybridized carbons (Fsp3) is 0.393. The molecule has 0 saturated carbocycles. The molecule has 0 fully saturated rings. The average molecular weight is 938 g/mol. The van der Waals surface area contributed by atoms with Gasteiger partial charge in [-0.1, -0.05) is 64.1 Å². The first kappa shape index (κ1) is 51.4. The Balaban J connectivity index is 0.839. The van der Waals surface area contributed by atoms with E-state index in [1.807, 2.05) is 36.4 Å². The zero-order valence-electron chi connectivity index (χ0n) is 40.1. The van der Waals surface area contributed by atoms with Crippen LogP contribution in [0.4, 0.5) is 0 Å². The number of ether oxygens (including phenoxy) is 2. The third kappa shape index (κ3) is 16.6. The lowest BCUT2D eigenvalue weighted by atomic mass is 9.96. The third-order valence-corrected chi connectivity index (χ3v) is 12.2. The van der Waals surface area contributed by atoms with Crippen molar-refractivity contribution in [3.8, 4) is 45.9 Å². The van der Waals surface area contributed by atoms with Gasteiger partial charge in [0, 0.05) is 39.9 Å². The molecule has 6 aromatic rings. The summed E-state index contributed by atoms with van der Waals surface area (Å²) in [5.74, 6) is 2.59. The van der Waals surface area contributed by atoms with E-state index in [0.29, 0.717) is 77.3 Å². The molecule has 68 heavy (non-hydrogen) atoms. The topological polar surface area (TPSA) is 152 Å². The zero-order chi connectivity index (χ0) is 47.9. The van der Waals surface area contributed by atoms with Crippen LogP contribution < -0.4 is 20.1 Å². The molecule has 0 atom stereocenters. The lowest BCUT2D eigenvalue weighted by molar-refractivity contribution is 0.220. The molecule has 2 heterocycles. The van der Waals surface area contributed by atoms with Gasteiger partial charge >= 0.3 is 8.25 Å². The Morgan fingerprint density at radius 2 is 1.00 bits per heavy atom. The quantitative estimate of drug-likeness (QED) is 0.0328. The van der Waals surface area contributed by atoms with Crippen molar-refractivity contribution in [2.75, 3.05) is 39.5 Å². The largest absolute Gasteiger partial charge is 0.697 e. The Bertz CT molecular complexity index is 2380. The number of aryl methyl sites for hydroxylation is 2. The molecule has 356 valence electrons. The summed E-state index contributed by atoms with van der Waals surface area (Å²) in [5.41, 5.74) is 12.1. The normalized spacial score (nSPS) is 11.2. The molecule has 12 heteroatoms. The van der Waals surface area contributed by atoms with Crippen LogP contribution in [0.2, 0.25) is 0 Å². The summed E-state index contributed by atoms with van der Waals surface area (Å²) >= 11 is 0. The highest BCUT2D eigenvalue weighted by atomic mass is 31.1. The van der Waals surface area contributed by atoms with Crippen LogP contribution in [0.3, 0.4) is 0 Å². The second-order valence-corrected chi connectivity index (χ2v) is 18.9. The first-order valence-electron chi connectivity index (χ1n) is 23.9. The standard InChI is InChI=1S/C56H66N4O7P/c1-41(2)29-47-15-11-43(31-51(47)35-57)9-5-23-64-55-17-13-45(33-53(55)49-19-27-62-39-49)37-59-21-7-25-66-68(61)67-26-8-22-60-38-46-14-18-56(54(34-46)50-20-28-63-40-50)65-24-6-10-44-12-16-48(30-42(3)4)52(32-44)36-58/h11-20,27-28,31-34,39-42,59-60H,5-10,21-26,29-30,37-38H2,1-4H3/q+1. The van der Waals surface area contributed by atoms with Crippen molar-refractivity contribution < 1.29 is 31.9 Å². The molecule has 2 aromatic heterocycles. The van der Waals surface area contributed by atoms with Crippen molar-refractivity contribution >= 4 is 8.25 Å². The molecule has 0 saturated heterocycles. The maximum atomic E-state index is 12.4. The first-order chi connectivity index (χ1) is 33.2. The summed E-state index contributed by atoms with van der Waals surface area (Å²) in [4.78, 5) is 0. The van der Waals surface area contributed by atoms with Gasteiger partial charge in [-0.3, -0.25) is 0 Å². The molecular weight excluding hydrogens is 872 g/mol. The van der Waals surface area contributed by atoms with E-state index in [1.165, 1.54) is 0 Å². The third-order valence-electron chi connectivity index (χ3n) is 11.4. The van der Waals surface area contributed by atoms with Crippen molar-refractivity contribution in [1.29, 1.82) is 10.5 Å². The summed E-state index contributed by atoms with van der Waals surface area (Å²) in [5, 5.41) is 26.2. The molecule has 4 aromatic carbocycles. The van der Waals surface area contributed by atoms with Gasteiger partial charge < -0.3 is 28.9 Å². The molecule has 0 aliphatic rings. The van der Waals surface area contributed by atoms with Gasteiger partial charge in [0.15, 0.2) is 0 Å². The Labute approximate surface area is 403 Å². The van der Waals surface area contributed by atoms with E-state index in [2.05, 4.69) is 99.0 Å². The molecule has 0 radical (unpaired) electrons. The molecule has 0 aliphatic heterocycles. The smallest absolute Gasteiger partial charge is 0.493 e. The van der Waals surface area contributed by atoms with E-state index in [-0.39, 0.29) is 0 Å². The Hall–Kier alpha value is -6.04. The first-order valence-corrected chi connectivity index (χ1v) is 25.0. The fourth-order valence-electron chi connectivity index (χ4n) is 8.01. The number of nitrogens with zero attached hydrogens (tertiary/aromatic N) is 2. The number of rotatable bonds is 30. The number of benzene rings is 4. The minimum absolute atomic E-state index is 0.321. The van der Waals surface area contributed by atoms with Crippen LogP contribution in [0.15, 0.2) is 119 Å². The van der Waals surface area contributed by atoms with Crippen LogP contribution in [0.1, 0.15) is 97.9 Å². The van der Waals surface area contributed by atoms with Gasteiger partial charge in [0.2, 0.25) is 0 Å². The van der Waals surface area contributed by atoms with E-state index in [9.17, 15) is 15.1 Å². The van der Waals surface area contributed by atoms with Gasteiger partial charge in [0.05, 0.1) is 61.5 Å². The minimum Gasteiger partial charge on any atom is -0.493 e. The summed E-state index contributed by atoms with van der Waals surface area (Å²) < 4.78 is 46.6. The van der Waals surface area contributed by atoms with Crippen LogP contribution in [-0.4, -0.2) is 39.5 Å².